The molecule has 0 spiro atoms. The number of carbonyl (C=O) groups excluding carboxylic acids is 1. The lowest BCUT2D eigenvalue weighted by Crippen LogP contribution is -2.03. The first kappa shape index (κ1) is 11.7. The van der Waals surface area contributed by atoms with Crippen LogP contribution in [0.5, 0.6) is 0 Å². The molecule has 0 atom stereocenters. The Morgan fingerprint density at radius 1 is 1.19 bits per heavy atom. The number of aromatic nitrogens is 1. The van der Waals surface area contributed by atoms with E-state index in [0.717, 1.165) is 8.04 Å². The molecule has 0 saturated heterocycles. The second-order valence-corrected chi connectivity index (χ2v) is 5.12. The van der Waals surface area contributed by atoms with Gasteiger partial charge in [0.2, 0.25) is 0 Å². The largest absolute Gasteiger partial charge is 0.289 e. The maximum Gasteiger partial charge on any atom is 0.194 e. The second kappa shape index (κ2) is 5.05. The van der Waals surface area contributed by atoms with Crippen LogP contribution in [0.1, 0.15) is 15.9 Å². The quantitative estimate of drug-likeness (QED) is 0.581. The average molecular weight is 388 g/mol. The SMILES string of the molecule is O=C(c1ccncc1)c1cccc(I)c1Br. The third kappa shape index (κ3) is 2.32. The summed E-state index contributed by atoms with van der Waals surface area (Å²) < 4.78 is 1.87. The molecule has 0 radical (unpaired) electrons. The zero-order valence-corrected chi connectivity index (χ0v) is 11.9. The monoisotopic (exact) mass is 387 g/mol. The first-order valence-electron chi connectivity index (χ1n) is 4.59. The number of hydrogen-bond acceptors (Lipinski definition) is 2. The molecule has 1 aromatic heterocycles. The average Bonchev–Trinajstić information content (AvgIpc) is 2.33. The van der Waals surface area contributed by atoms with Gasteiger partial charge in [-0.05, 0) is 62.8 Å². The van der Waals surface area contributed by atoms with Crippen LogP contribution in [-0.2, 0) is 0 Å². The fraction of sp³-hybridized carbons (Fsp3) is 0. The van der Waals surface area contributed by atoms with E-state index in [1.165, 1.54) is 0 Å². The maximum atomic E-state index is 12.2. The molecule has 0 aliphatic rings. The Kier molecular flexibility index (Phi) is 3.70. The van der Waals surface area contributed by atoms with Crippen LogP contribution in [0, 0.1) is 3.57 Å². The summed E-state index contributed by atoms with van der Waals surface area (Å²) in [6.07, 6.45) is 3.24. The van der Waals surface area contributed by atoms with Gasteiger partial charge in [0.15, 0.2) is 5.78 Å². The van der Waals surface area contributed by atoms with Gasteiger partial charge < -0.3 is 0 Å². The van der Waals surface area contributed by atoms with E-state index in [0.29, 0.717) is 11.1 Å². The molecule has 0 fully saturated rings. The minimum atomic E-state index is 0.00721. The van der Waals surface area contributed by atoms with Crippen LogP contribution < -0.4 is 0 Å². The summed E-state index contributed by atoms with van der Waals surface area (Å²) in [6.45, 7) is 0. The van der Waals surface area contributed by atoms with Crippen molar-refractivity contribution >= 4 is 44.3 Å². The van der Waals surface area contributed by atoms with Crippen LogP contribution in [0.2, 0.25) is 0 Å². The van der Waals surface area contributed by atoms with E-state index in [4.69, 9.17) is 0 Å². The van der Waals surface area contributed by atoms with Crippen molar-refractivity contribution in [1.29, 1.82) is 0 Å². The predicted molar refractivity (Wildman–Crippen MR) is 74.5 cm³/mol. The van der Waals surface area contributed by atoms with Crippen molar-refractivity contribution in [1.82, 2.24) is 4.98 Å². The minimum absolute atomic E-state index is 0.00721. The van der Waals surface area contributed by atoms with Crippen LogP contribution in [0.4, 0.5) is 0 Å². The minimum Gasteiger partial charge on any atom is -0.289 e. The van der Waals surface area contributed by atoms with Crippen LogP contribution in [-0.4, -0.2) is 10.8 Å². The highest BCUT2D eigenvalue weighted by Gasteiger charge is 2.13. The molecular formula is C12H7BrINO. The summed E-state index contributed by atoms with van der Waals surface area (Å²) in [6, 6.07) is 9.08. The molecule has 0 unspecified atom stereocenters. The lowest BCUT2D eigenvalue weighted by molar-refractivity contribution is 0.103. The van der Waals surface area contributed by atoms with Gasteiger partial charge in [-0.15, -0.1) is 0 Å². The van der Waals surface area contributed by atoms with Gasteiger partial charge in [-0.2, -0.15) is 0 Å². The summed E-state index contributed by atoms with van der Waals surface area (Å²) in [5.41, 5.74) is 1.33. The summed E-state index contributed by atoms with van der Waals surface area (Å²) >= 11 is 5.63. The van der Waals surface area contributed by atoms with Gasteiger partial charge >= 0.3 is 0 Å². The van der Waals surface area contributed by atoms with Crippen molar-refractivity contribution in [2.75, 3.05) is 0 Å². The molecule has 0 amide bonds. The summed E-state index contributed by atoms with van der Waals surface area (Å²) in [5, 5.41) is 0. The van der Waals surface area contributed by atoms with Crippen molar-refractivity contribution in [2.45, 2.75) is 0 Å². The second-order valence-electron chi connectivity index (χ2n) is 3.17. The van der Waals surface area contributed by atoms with Gasteiger partial charge in [-0.25, -0.2) is 0 Å². The van der Waals surface area contributed by atoms with E-state index >= 15 is 0 Å². The van der Waals surface area contributed by atoms with E-state index in [9.17, 15) is 4.79 Å². The van der Waals surface area contributed by atoms with Crippen LogP contribution >= 0.6 is 38.5 Å². The third-order valence-electron chi connectivity index (χ3n) is 2.14. The number of hydrogen-bond donors (Lipinski definition) is 0. The number of ketones is 1. The number of pyridine rings is 1. The topological polar surface area (TPSA) is 30.0 Å². The lowest BCUT2D eigenvalue weighted by atomic mass is 10.1. The molecule has 16 heavy (non-hydrogen) atoms. The maximum absolute atomic E-state index is 12.2. The number of benzene rings is 1. The van der Waals surface area contributed by atoms with Crippen molar-refractivity contribution in [3.05, 3.63) is 61.9 Å². The van der Waals surface area contributed by atoms with Gasteiger partial charge in [0.25, 0.3) is 0 Å². The Balaban J connectivity index is 2.46. The Morgan fingerprint density at radius 2 is 1.88 bits per heavy atom. The van der Waals surface area contributed by atoms with Crippen LogP contribution in [0.25, 0.3) is 0 Å². The van der Waals surface area contributed by atoms with Gasteiger partial charge in [0, 0.05) is 31.6 Å². The first-order valence-corrected chi connectivity index (χ1v) is 6.46. The highest BCUT2D eigenvalue weighted by atomic mass is 127. The van der Waals surface area contributed by atoms with Crippen molar-refractivity contribution in [3.63, 3.8) is 0 Å². The lowest BCUT2D eigenvalue weighted by Gasteiger charge is -2.04. The molecule has 80 valence electrons. The van der Waals surface area contributed by atoms with Crippen LogP contribution in [0.3, 0.4) is 0 Å². The Morgan fingerprint density at radius 3 is 2.56 bits per heavy atom. The standard InChI is InChI=1S/C12H7BrINO/c13-11-9(2-1-3-10(11)14)12(16)8-4-6-15-7-5-8/h1-7H. The molecule has 0 aliphatic heterocycles. The molecule has 1 heterocycles. The first-order chi connectivity index (χ1) is 7.70. The number of halogens is 2. The molecule has 2 rings (SSSR count). The van der Waals surface area contributed by atoms with Gasteiger partial charge in [-0.1, -0.05) is 6.07 Å². The Bertz CT molecular complexity index is 528. The number of rotatable bonds is 2. The molecule has 0 N–H and O–H groups in total. The molecule has 2 nitrogen and oxygen atoms in total. The molecule has 0 saturated carbocycles. The zero-order valence-electron chi connectivity index (χ0n) is 8.15. The molecule has 0 aliphatic carbocycles. The normalized spacial score (nSPS) is 10.1. The van der Waals surface area contributed by atoms with E-state index < -0.39 is 0 Å². The highest BCUT2D eigenvalue weighted by Crippen LogP contribution is 2.25. The van der Waals surface area contributed by atoms with Crippen LogP contribution in [0.15, 0.2) is 47.2 Å². The smallest absolute Gasteiger partial charge is 0.194 e. The fourth-order valence-electron chi connectivity index (χ4n) is 1.34. The fourth-order valence-corrected chi connectivity index (χ4v) is 2.28. The van der Waals surface area contributed by atoms with Crippen molar-refractivity contribution < 1.29 is 4.79 Å². The number of carbonyl (C=O) groups is 1. The van der Waals surface area contributed by atoms with Gasteiger partial charge in [0.1, 0.15) is 0 Å². The predicted octanol–water partition coefficient (Wildman–Crippen LogP) is 3.68. The Labute approximate surface area is 115 Å². The summed E-state index contributed by atoms with van der Waals surface area (Å²) in [5.74, 6) is 0.00721. The molecule has 2 aromatic rings. The van der Waals surface area contributed by atoms with E-state index in [1.807, 2.05) is 18.2 Å². The van der Waals surface area contributed by atoms with Gasteiger partial charge in [0.05, 0.1) is 0 Å². The van der Waals surface area contributed by atoms with E-state index in [-0.39, 0.29) is 5.78 Å². The van der Waals surface area contributed by atoms with E-state index in [1.54, 1.807) is 24.5 Å². The molecular weight excluding hydrogens is 381 g/mol. The molecule has 0 bridgehead atoms. The number of nitrogens with zero attached hydrogens (tertiary/aromatic N) is 1. The highest BCUT2D eigenvalue weighted by molar-refractivity contribution is 14.1. The third-order valence-corrected chi connectivity index (χ3v) is 4.63. The van der Waals surface area contributed by atoms with E-state index in [2.05, 4.69) is 43.5 Å². The molecule has 4 heteroatoms. The van der Waals surface area contributed by atoms with Crippen molar-refractivity contribution in [2.24, 2.45) is 0 Å². The summed E-state index contributed by atoms with van der Waals surface area (Å²) in [4.78, 5) is 16.1. The van der Waals surface area contributed by atoms with Gasteiger partial charge in [-0.3, -0.25) is 9.78 Å². The Hall–Kier alpha value is -0.750. The summed E-state index contributed by atoms with van der Waals surface area (Å²) in [7, 11) is 0. The molecule has 1 aromatic carbocycles. The zero-order chi connectivity index (χ0) is 11.5. The van der Waals surface area contributed by atoms with Crippen molar-refractivity contribution in [3.8, 4) is 0 Å².